The Labute approximate surface area is 236 Å². The van der Waals surface area contributed by atoms with Gasteiger partial charge in [0.25, 0.3) is 0 Å². The van der Waals surface area contributed by atoms with Gasteiger partial charge in [0.2, 0.25) is 6.29 Å². The summed E-state index contributed by atoms with van der Waals surface area (Å²) in [7, 11) is 0. The lowest BCUT2D eigenvalue weighted by Gasteiger charge is -2.09. The maximum absolute atomic E-state index is 11.3. The van der Waals surface area contributed by atoms with Crippen LogP contribution in [0.15, 0.2) is 0 Å². The molecule has 0 spiro atoms. The van der Waals surface area contributed by atoms with E-state index in [0.29, 0.717) is 0 Å². The Hall–Kier alpha value is -0.330. The maximum atomic E-state index is 11.3. The van der Waals surface area contributed by atoms with Crippen molar-refractivity contribution >= 4 is 6.29 Å². The topological polar surface area (TPSA) is 17.1 Å². The zero-order chi connectivity index (χ0) is 27.1. The van der Waals surface area contributed by atoms with E-state index in [-0.39, 0.29) is 5.92 Å². The highest BCUT2D eigenvalue weighted by atomic mass is 16.1. The Morgan fingerprint density at radius 1 is 0.378 bits per heavy atom. The van der Waals surface area contributed by atoms with Crippen molar-refractivity contribution in [3.8, 4) is 0 Å². The van der Waals surface area contributed by atoms with Gasteiger partial charge in [-0.05, 0) is 18.8 Å². The summed E-state index contributed by atoms with van der Waals surface area (Å²) in [5, 5.41) is 0. The third-order valence-electron chi connectivity index (χ3n) is 8.41. The smallest absolute Gasteiger partial charge is 0.201 e. The van der Waals surface area contributed by atoms with Crippen LogP contribution in [0.5, 0.6) is 0 Å². The molecule has 0 N–H and O–H groups in total. The summed E-state index contributed by atoms with van der Waals surface area (Å²) >= 11 is 0. The van der Waals surface area contributed by atoms with Gasteiger partial charge >= 0.3 is 0 Å². The number of carbonyl (C=O) groups excluding carboxylic acids is 1. The second-order valence-electron chi connectivity index (χ2n) is 12.8. The van der Waals surface area contributed by atoms with Crippen molar-refractivity contribution < 1.29 is 4.79 Å². The zero-order valence-corrected chi connectivity index (χ0v) is 26.3. The molecule has 0 saturated carbocycles. The summed E-state index contributed by atoms with van der Waals surface area (Å²) in [4.78, 5) is 11.3. The molecule has 1 radical (unpaired) electrons. The van der Waals surface area contributed by atoms with Gasteiger partial charge < -0.3 is 0 Å². The fourth-order valence-corrected chi connectivity index (χ4v) is 5.74. The molecule has 0 heterocycles. The van der Waals surface area contributed by atoms with Crippen molar-refractivity contribution in [2.45, 2.75) is 213 Å². The molecular formula is C36H71O. The first-order valence-electron chi connectivity index (χ1n) is 17.6. The highest BCUT2D eigenvalue weighted by molar-refractivity contribution is 5.54. The Morgan fingerprint density at radius 2 is 0.622 bits per heavy atom. The largest absolute Gasteiger partial charge is 0.291 e. The SMILES string of the molecule is CCCCCCCCCCCCCCCCC([C]=O)CCCCCCCCCCCCCCCC(C)C. The predicted octanol–water partition coefficient (Wildman–Crippen LogP) is 13.1. The van der Waals surface area contributed by atoms with Crippen LogP contribution in [0.2, 0.25) is 0 Å². The first-order valence-corrected chi connectivity index (χ1v) is 17.6. The summed E-state index contributed by atoms with van der Waals surface area (Å²) in [6, 6.07) is 0. The molecule has 221 valence electrons. The lowest BCUT2D eigenvalue weighted by atomic mass is 9.95. The molecule has 0 rings (SSSR count). The Bertz CT molecular complexity index is 415. The summed E-state index contributed by atoms with van der Waals surface area (Å²) in [6.45, 7) is 6.96. The molecule has 0 aromatic carbocycles. The van der Waals surface area contributed by atoms with Gasteiger partial charge in [-0.2, -0.15) is 0 Å². The van der Waals surface area contributed by atoms with E-state index in [2.05, 4.69) is 27.1 Å². The number of hydrogen-bond acceptors (Lipinski definition) is 1. The minimum Gasteiger partial charge on any atom is -0.291 e. The van der Waals surface area contributed by atoms with Crippen LogP contribution in [0.4, 0.5) is 0 Å². The van der Waals surface area contributed by atoms with E-state index >= 15 is 0 Å². The molecule has 1 heteroatoms. The van der Waals surface area contributed by atoms with Crippen LogP contribution >= 0.6 is 0 Å². The van der Waals surface area contributed by atoms with E-state index in [1.165, 1.54) is 180 Å². The maximum Gasteiger partial charge on any atom is 0.201 e. The van der Waals surface area contributed by atoms with Gasteiger partial charge in [-0.15, -0.1) is 0 Å². The van der Waals surface area contributed by atoms with E-state index in [0.717, 1.165) is 18.8 Å². The summed E-state index contributed by atoms with van der Waals surface area (Å²) in [5.74, 6) is 1.09. The molecule has 1 atom stereocenters. The van der Waals surface area contributed by atoms with Gasteiger partial charge in [0, 0.05) is 5.92 Å². The minimum absolute atomic E-state index is 0.211. The van der Waals surface area contributed by atoms with Crippen molar-refractivity contribution in [1.82, 2.24) is 0 Å². The molecule has 0 aromatic heterocycles. The van der Waals surface area contributed by atoms with E-state index in [1.807, 2.05) is 0 Å². The van der Waals surface area contributed by atoms with Crippen LogP contribution in [-0.4, -0.2) is 6.29 Å². The zero-order valence-electron chi connectivity index (χ0n) is 26.3. The molecule has 0 aromatic rings. The van der Waals surface area contributed by atoms with Crippen LogP contribution in [0, 0.1) is 11.8 Å². The summed E-state index contributed by atoms with van der Waals surface area (Å²) in [6.07, 6.45) is 43.8. The van der Waals surface area contributed by atoms with Crippen LogP contribution in [0.1, 0.15) is 213 Å². The molecule has 0 bridgehead atoms. The predicted molar refractivity (Wildman–Crippen MR) is 168 cm³/mol. The lowest BCUT2D eigenvalue weighted by Crippen LogP contribution is -2.02. The first-order chi connectivity index (χ1) is 18.2. The van der Waals surface area contributed by atoms with Gasteiger partial charge in [0.15, 0.2) is 0 Å². The Morgan fingerprint density at radius 3 is 0.865 bits per heavy atom. The van der Waals surface area contributed by atoms with Crippen molar-refractivity contribution in [3.05, 3.63) is 0 Å². The molecule has 0 aliphatic carbocycles. The van der Waals surface area contributed by atoms with Gasteiger partial charge in [-0.3, -0.25) is 4.79 Å². The molecule has 0 saturated heterocycles. The quantitative estimate of drug-likeness (QED) is 0.0807. The lowest BCUT2D eigenvalue weighted by molar-refractivity contribution is 0.448. The van der Waals surface area contributed by atoms with Crippen molar-refractivity contribution in [3.63, 3.8) is 0 Å². The molecule has 1 nitrogen and oxygen atoms in total. The van der Waals surface area contributed by atoms with Gasteiger partial charge in [-0.1, -0.05) is 201 Å². The first kappa shape index (κ1) is 36.7. The molecule has 0 amide bonds. The van der Waals surface area contributed by atoms with E-state index in [4.69, 9.17) is 0 Å². The Kier molecular flexibility index (Phi) is 31.6. The Balaban J connectivity index is 3.27. The third kappa shape index (κ3) is 31.8. The molecule has 37 heavy (non-hydrogen) atoms. The minimum atomic E-state index is 0.211. The molecule has 0 aliphatic rings. The fourth-order valence-electron chi connectivity index (χ4n) is 5.74. The standard InChI is InChI=1S/C36H71O/c1-4-5-6-7-8-9-10-11-14-17-20-23-26-29-32-36(34-37)33-30-27-24-21-18-15-12-13-16-19-22-25-28-31-35(2)3/h35-36H,4-33H2,1-3H3. The van der Waals surface area contributed by atoms with Crippen LogP contribution in [0.3, 0.4) is 0 Å². The molecule has 0 aliphatic heterocycles. The molecule has 1 unspecified atom stereocenters. The normalized spacial score (nSPS) is 12.4. The van der Waals surface area contributed by atoms with Gasteiger partial charge in [0.05, 0.1) is 0 Å². The third-order valence-corrected chi connectivity index (χ3v) is 8.41. The summed E-state index contributed by atoms with van der Waals surface area (Å²) < 4.78 is 0. The highest BCUT2D eigenvalue weighted by Crippen LogP contribution is 2.19. The van der Waals surface area contributed by atoms with Gasteiger partial charge in [-0.25, -0.2) is 0 Å². The summed E-state index contributed by atoms with van der Waals surface area (Å²) in [5.41, 5.74) is 0. The second-order valence-corrected chi connectivity index (χ2v) is 12.8. The number of hydrogen-bond donors (Lipinski definition) is 0. The van der Waals surface area contributed by atoms with Crippen LogP contribution in [0.25, 0.3) is 0 Å². The van der Waals surface area contributed by atoms with Crippen LogP contribution in [-0.2, 0) is 4.79 Å². The van der Waals surface area contributed by atoms with Crippen molar-refractivity contribution in [2.75, 3.05) is 0 Å². The highest BCUT2D eigenvalue weighted by Gasteiger charge is 2.08. The fraction of sp³-hybridized carbons (Fsp3) is 0.972. The van der Waals surface area contributed by atoms with Crippen molar-refractivity contribution in [2.24, 2.45) is 11.8 Å². The number of rotatable bonds is 32. The van der Waals surface area contributed by atoms with Crippen molar-refractivity contribution in [1.29, 1.82) is 0 Å². The molecule has 0 fully saturated rings. The average molecular weight is 520 g/mol. The van der Waals surface area contributed by atoms with Crippen LogP contribution < -0.4 is 0 Å². The second kappa shape index (κ2) is 31.9. The average Bonchev–Trinajstić information content (AvgIpc) is 2.89. The number of unbranched alkanes of at least 4 members (excludes halogenated alkanes) is 25. The van der Waals surface area contributed by atoms with E-state index in [1.54, 1.807) is 0 Å². The van der Waals surface area contributed by atoms with Gasteiger partial charge in [0.1, 0.15) is 0 Å². The monoisotopic (exact) mass is 520 g/mol. The molecular weight excluding hydrogens is 448 g/mol. The van der Waals surface area contributed by atoms with E-state index < -0.39 is 0 Å². The van der Waals surface area contributed by atoms with E-state index in [9.17, 15) is 4.79 Å².